The summed E-state index contributed by atoms with van der Waals surface area (Å²) in [5, 5.41) is 24.1. The molecule has 47 heavy (non-hydrogen) atoms. The maximum Gasteiger partial charge on any atom is 0.0843 e. The Balaban J connectivity index is 0.000000762. The number of hydrogen-bond acceptors (Lipinski definition) is 5. The van der Waals surface area contributed by atoms with Gasteiger partial charge >= 0.3 is 0 Å². The molecule has 2 aliphatic rings. The second-order valence-corrected chi connectivity index (χ2v) is 15.4. The van der Waals surface area contributed by atoms with Gasteiger partial charge in [-0.15, -0.1) is 0 Å². The average Bonchev–Trinajstić information content (AvgIpc) is 3.50. The van der Waals surface area contributed by atoms with Crippen LogP contribution in [-0.2, 0) is 29.7 Å². The molecule has 252 valence electrons. The van der Waals surface area contributed by atoms with Gasteiger partial charge in [0.05, 0.1) is 11.1 Å². The Morgan fingerprint density at radius 1 is 0.936 bits per heavy atom. The molecule has 2 saturated carbocycles. The number of aliphatic carboxylic acids is 1. The number of thioether (sulfide) groups is 1. The molecule has 6 rings (SSSR count). The van der Waals surface area contributed by atoms with E-state index in [0.29, 0.717) is 5.02 Å². The minimum atomic E-state index is -0.953. The molecular formula is C40H51ClN2O3S. The lowest BCUT2D eigenvalue weighted by Gasteiger charge is -2.25. The molecule has 3 aromatic carbocycles. The minimum absolute atomic E-state index is 0. The van der Waals surface area contributed by atoms with Gasteiger partial charge in [-0.1, -0.05) is 104 Å². The highest BCUT2D eigenvalue weighted by molar-refractivity contribution is 7.99. The lowest BCUT2D eigenvalue weighted by atomic mass is 9.90. The summed E-state index contributed by atoms with van der Waals surface area (Å²) in [6.07, 6.45) is 13.0. The maximum absolute atomic E-state index is 11.4. The molecule has 0 saturated heterocycles. The van der Waals surface area contributed by atoms with Gasteiger partial charge in [-0.3, -0.25) is 4.98 Å². The molecule has 0 amide bonds. The number of rotatable bonds is 13. The number of aromatic nitrogens is 1. The highest BCUT2D eigenvalue weighted by atomic mass is 35.5. The number of pyridine rings is 1. The Morgan fingerprint density at radius 3 is 2.32 bits per heavy atom. The lowest BCUT2D eigenvalue weighted by molar-refractivity contribution is -0.307. The van der Waals surface area contributed by atoms with Crippen molar-refractivity contribution in [2.24, 2.45) is 5.41 Å². The van der Waals surface area contributed by atoms with Crippen LogP contribution in [0, 0.1) is 5.41 Å². The van der Waals surface area contributed by atoms with E-state index in [-0.39, 0.29) is 23.2 Å². The van der Waals surface area contributed by atoms with Crippen molar-refractivity contribution in [1.82, 2.24) is 11.1 Å². The highest BCUT2D eigenvalue weighted by Crippen LogP contribution is 2.53. The molecule has 0 radical (unpaired) electrons. The van der Waals surface area contributed by atoms with Crippen molar-refractivity contribution >= 4 is 40.2 Å². The first-order chi connectivity index (χ1) is 22.1. The molecule has 4 aromatic rings. The third-order valence-corrected chi connectivity index (χ3v) is 11.3. The van der Waals surface area contributed by atoms with E-state index in [1.54, 1.807) is 0 Å². The molecular weight excluding hydrogens is 624 g/mol. The summed E-state index contributed by atoms with van der Waals surface area (Å²) in [6.45, 7) is 3.66. The summed E-state index contributed by atoms with van der Waals surface area (Å²) in [5.41, 5.74) is 5.54. The molecule has 7 heteroatoms. The molecule has 0 bridgehead atoms. The number of hydrogen-bond donors (Lipinski definition) is 2. The maximum atomic E-state index is 11.4. The van der Waals surface area contributed by atoms with Crippen LogP contribution < -0.4 is 11.3 Å². The number of fused-ring (bicyclic) bond motifs is 1. The number of aryl methyl sites for hydroxylation is 3. The van der Waals surface area contributed by atoms with E-state index in [2.05, 4.69) is 42.5 Å². The summed E-state index contributed by atoms with van der Waals surface area (Å²) < 4.78 is 0. The van der Waals surface area contributed by atoms with Crippen LogP contribution in [0.1, 0.15) is 105 Å². The fourth-order valence-corrected chi connectivity index (χ4v) is 8.21. The summed E-state index contributed by atoms with van der Waals surface area (Å²) in [6, 6.07) is 26.9. The third kappa shape index (κ3) is 11.1. The van der Waals surface area contributed by atoms with E-state index in [1.165, 1.54) is 43.2 Å². The summed E-state index contributed by atoms with van der Waals surface area (Å²) in [4.78, 5) is 16.2. The van der Waals surface area contributed by atoms with Gasteiger partial charge in [0.25, 0.3) is 0 Å². The molecule has 1 atom stereocenters. The summed E-state index contributed by atoms with van der Waals surface area (Å²) in [7, 11) is 0. The molecule has 2 fully saturated rings. The summed E-state index contributed by atoms with van der Waals surface area (Å²) in [5.74, 6) is -0.141. The first kappa shape index (κ1) is 36.9. The van der Waals surface area contributed by atoms with Crippen LogP contribution in [-0.4, -0.2) is 21.8 Å². The van der Waals surface area contributed by atoms with Crippen LogP contribution in [0.3, 0.4) is 0 Å². The quantitative estimate of drug-likeness (QED) is 0.147. The van der Waals surface area contributed by atoms with Crippen LogP contribution in [0.15, 0.2) is 78.9 Å². The second-order valence-electron chi connectivity index (χ2n) is 13.8. The summed E-state index contributed by atoms with van der Waals surface area (Å²) >= 11 is 8.05. The lowest BCUT2D eigenvalue weighted by Crippen LogP contribution is -2.26. The van der Waals surface area contributed by atoms with Crippen LogP contribution >= 0.6 is 23.4 Å². The number of carboxylic acids is 1. The molecule has 1 heterocycles. The van der Waals surface area contributed by atoms with Gasteiger partial charge in [0.2, 0.25) is 0 Å². The smallest absolute Gasteiger partial charge is 0.0843 e. The van der Waals surface area contributed by atoms with Gasteiger partial charge < -0.3 is 21.2 Å². The van der Waals surface area contributed by atoms with Gasteiger partial charge in [0.1, 0.15) is 0 Å². The Kier molecular flexibility index (Phi) is 13.3. The average molecular weight is 675 g/mol. The number of carboxylic acid groups (broad SMARTS) is 1. The predicted octanol–water partition coefficient (Wildman–Crippen LogP) is 9.55. The second kappa shape index (κ2) is 17.0. The SMILES string of the molecule is C1CCCC1.CC(C)(O)c1ccccc1CC[C@@H](SCC1(CC(=O)[O-])CC1)c1cccc(CCc2ccc3ccc(Cl)cc3n2)c1.[NH4+]. The van der Waals surface area contributed by atoms with Crippen molar-refractivity contribution in [2.45, 2.75) is 102 Å². The van der Waals surface area contributed by atoms with E-state index < -0.39 is 11.6 Å². The zero-order valence-corrected chi connectivity index (χ0v) is 29.8. The molecule has 2 aliphatic carbocycles. The van der Waals surface area contributed by atoms with Crippen LogP contribution in [0.5, 0.6) is 0 Å². The Labute approximate surface area is 290 Å². The van der Waals surface area contributed by atoms with Gasteiger partial charge in [-0.05, 0) is 110 Å². The fourth-order valence-electron chi connectivity index (χ4n) is 6.48. The number of halogens is 1. The Morgan fingerprint density at radius 2 is 1.64 bits per heavy atom. The van der Waals surface area contributed by atoms with Crippen LogP contribution in [0.25, 0.3) is 10.9 Å². The van der Waals surface area contributed by atoms with Gasteiger partial charge in [-0.25, -0.2) is 0 Å². The van der Waals surface area contributed by atoms with E-state index in [4.69, 9.17) is 16.6 Å². The number of nitrogens with zero attached hydrogens (tertiary/aromatic N) is 1. The number of carbonyl (C=O) groups excluding carboxylic acids is 1. The van der Waals surface area contributed by atoms with Crippen LogP contribution in [0.4, 0.5) is 0 Å². The molecule has 0 spiro atoms. The predicted molar refractivity (Wildman–Crippen MR) is 196 cm³/mol. The zero-order chi connectivity index (χ0) is 32.6. The van der Waals surface area contributed by atoms with Crippen molar-refractivity contribution in [3.8, 4) is 0 Å². The van der Waals surface area contributed by atoms with Crippen molar-refractivity contribution in [2.75, 3.05) is 5.75 Å². The van der Waals surface area contributed by atoms with Crippen molar-refractivity contribution < 1.29 is 15.0 Å². The Bertz CT molecular complexity index is 1600. The molecule has 5 nitrogen and oxygen atoms in total. The molecule has 0 aliphatic heterocycles. The van der Waals surface area contributed by atoms with Crippen molar-refractivity contribution in [3.05, 3.63) is 112 Å². The number of carbonyl (C=O) groups is 1. The highest BCUT2D eigenvalue weighted by Gasteiger charge is 2.42. The fraction of sp³-hybridized carbons (Fsp3) is 0.450. The Hall–Kier alpha value is -2.90. The monoisotopic (exact) mass is 674 g/mol. The number of quaternary nitrogens is 1. The largest absolute Gasteiger partial charge is 0.550 e. The topological polar surface area (TPSA) is 110 Å². The first-order valence-electron chi connectivity index (χ1n) is 16.9. The van der Waals surface area contributed by atoms with E-state index in [9.17, 15) is 15.0 Å². The van der Waals surface area contributed by atoms with E-state index in [0.717, 1.165) is 72.0 Å². The number of aliphatic hydroxyl groups is 1. The zero-order valence-electron chi connectivity index (χ0n) is 28.3. The van der Waals surface area contributed by atoms with Crippen LogP contribution in [0.2, 0.25) is 5.02 Å². The molecule has 5 N–H and O–H groups in total. The first-order valence-corrected chi connectivity index (χ1v) is 18.3. The normalized spacial score (nSPS) is 15.7. The van der Waals surface area contributed by atoms with Crippen molar-refractivity contribution in [1.29, 1.82) is 0 Å². The molecule has 0 unspecified atom stereocenters. The van der Waals surface area contributed by atoms with E-state index >= 15 is 0 Å². The van der Waals surface area contributed by atoms with Gasteiger partial charge in [-0.2, -0.15) is 11.8 Å². The van der Waals surface area contributed by atoms with Crippen molar-refractivity contribution in [3.63, 3.8) is 0 Å². The van der Waals surface area contributed by atoms with Gasteiger partial charge in [0.15, 0.2) is 0 Å². The number of benzene rings is 3. The minimum Gasteiger partial charge on any atom is -0.550 e. The standard InChI is InChI=1S/C35H38ClNO3S.C5H10.H3N/c1-34(2,40)30-9-4-3-7-25(30)13-17-32(41-23-35(18-19-35)22-33(38)39)27-8-5-6-24(20-27)10-15-29-16-12-26-11-14-28(36)21-31(26)37-29;1-2-4-5-3-1;/h3-9,11-12,14,16,20-21,32,40H,10,13,15,17-19,22-23H2,1-2H3,(H,38,39);1-5H2;1H3/t32-;;/m1../s1. The van der Waals surface area contributed by atoms with Gasteiger partial charge in [0, 0.05) is 27.3 Å². The van der Waals surface area contributed by atoms with E-state index in [1.807, 2.05) is 62.0 Å². The third-order valence-electron chi connectivity index (χ3n) is 9.37. The molecule has 1 aromatic heterocycles.